The van der Waals surface area contributed by atoms with E-state index in [0.717, 1.165) is 21.7 Å². The Balaban J connectivity index is 2.91. The van der Waals surface area contributed by atoms with E-state index in [9.17, 15) is 8.42 Å². The van der Waals surface area contributed by atoms with Gasteiger partial charge < -0.3 is 0 Å². The second kappa shape index (κ2) is 7.25. The predicted molar refractivity (Wildman–Crippen MR) is 87.6 cm³/mol. The topological polar surface area (TPSA) is 60.2 Å². The molecule has 1 aromatic rings. The van der Waals surface area contributed by atoms with Crippen molar-refractivity contribution in [3.05, 3.63) is 29.8 Å². The van der Waals surface area contributed by atoms with Crippen molar-refractivity contribution in [2.75, 3.05) is 8.86 Å². The zero-order valence-corrected chi connectivity index (χ0v) is 14.4. The molecule has 1 rings (SSSR count). The van der Waals surface area contributed by atoms with Gasteiger partial charge >= 0.3 is 0 Å². The second-order valence-corrected chi connectivity index (χ2v) is 7.49. The monoisotopic (exact) mass is 479 g/mol. The summed E-state index contributed by atoms with van der Waals surface area (Å²) in [5, 5.41) is 5.07. The molecular weight excluding hydrogens is 464 g/mol. The minimum absolute atomic E-state index is 0.184. The molecule has 0 spiro atoms. The SMILES string of the molecule is NS(=O)(=O)c1ccc(C(CCI)CCI)cc1. The maximum absolute atomic E-state index is 11.1. The Morgan fingerprint density at radius 1 is 1.06 bits per heavy atom. The number of nitrogens with two attached hydrogens (primary N) is 1. The minimum Gasteiger partial charge on any atom is -0.225 e. The molecule has 0 aliphatic carbocycles. The number of benzene rings is 1. The Morgan fingerprint density at radius 3 is 1.88 bits per heavy atom. The fraction of sp³-hybridized carbons (Fsp3) is 0.455. The van der Waals surface area contributed by atoms with E-state index in [4.69, 9.17) is 5.14 Å². The summed E-state index contributed by atoms with van der Waals surface area (Å²) < 4.78 is 24.5. The van der Waals surface area contributed by atoms with Crippen LogP contribution in [0, 0.1) is 0 Å². The van der Waals surface area contributed by atoms with Gasteiger partial charge in [-0.1, -0.05) is 57.3 Å². The van der Waals surface area contributed by atoms with Gasteiger partial charge in [0.15, 0.2) is 0 Å². The molecule has 6 heteroatoms. The summed E-state index contributed by atoms with van der Waals surface area (Å²) in [6.07, 6.45) is 2.25. The lowest BCUT2D eigenvalue weighted by Gasteiger charge is -2.15. The molecule has 0 atom stereocenters. The highest BCUT2D eigenvalue weighted by atomic mass is 127. The van der Waals surface area contributed by atoms with Crippen LogP contribution in [0.15, 0.2) is 29.2 Å². The third-order valence-electron chi connectivity index (χ3n) is 2.60. The van der Waals surface area contributed by atoms with Crippen molar-refractivity contribution >= 4 is 55.2 Å². The summed E-state index contributed by atoms with van der Waals surface area (Å²) >= 11 is 4.74. The van der Waals surface area contributed by atoms with E-state index in [0.29, 0.717) is 5.92 Å². The summed E-state index contributed by atoms with van der Waals surface area (Å²) in [5.74, 6) is 0.512. The average Bonchev–Trinajstić information content (AvgIpc) is 2.28. The fourth-order valence-electron chi connectivity index (χ4n) is 1.67. The molecule has 0 aromatic heterocycles. The van der Waals surface area contributed by atoms with Gasteiger partial charge in [0, 0.05) is 8.86 Å². The van der Waals surface area contributed by atoms with Crippen LogP contribution in [0.3, 0.4) is 0 Å². The Hall–Kier alpha value is 0.590. The van der Waals surface area contributed by atoms with Gasteiger partial charge in [-0.2, -0.15) is 0 Å². The van der Waals surface area contributed by atoms with Crippen LogP contribution in [-0.4, -0.2) is 17.3 Å². The van der Waals surface area contributed by atoms with E-state index < -0.39 is 10.0 Å². The highest BCUT2D eigenvalue weighted by Crippen LogP contribution is 2.26. The molecule has 0 saturated heterocycles. The highest BCUT2D eigenvalue weighted by molar-refractivity contribution is 14.1. The normalized spacial score (nSPS) is 12.0. The van der Waals surface area contributed by atoms with E-state index >= 15 is 0 Å². The predicted octanol–water partition coefficient (Wildman–Crippen LogP) is 3.07. The molecule has 0 amide bonds. The standard InChI is InChI=1S/C11H15I2NO2S/c12-7-5-10(6-8-13)9-1-3-11(4-2-9)17(14,15)16/h1-4,10H,5-8H2,(H2,14,15,16). The molecule has 96 valence electrons. The van der Waals surface area contributed by atoms with Crippen molar-refractivity contribution in [2.24, 2.45) is 5.14 Å². The maximum Gasteiger partial charge on any atom is 0.238 e. The number of halogens is 2. The molecule has 2 N–H and O–H groups in total. The first-order chi connectivity index (χ1) is 7.99. The van der Waals surface area contributed by atoms with Crippen LogP contribution in [0.1, 0.15) is 24.3 Å². The van der Waals surface area contributed by atoms with E-state index in [2.05, 4.69) is 45.2 Å². The Morgan fingerprint density at radius 2 is 1.53 bits per heavy atom. The van der Waals surface area contributed by atoms with Gasteiger partial charge in [-0.3, -0.25) is 0 Å². The van der Waals surface area contributed by atoms with Crippen molar-refractivity contribution in [3.8, 4) is 0 Å². The number of hydrogen-bond acceptors (Lipinski definition) is 2. The first-order valence-corrected chi connectivity index (χ1v) is 9.83. The molecule has 1 aromatic carbocycles. The van der Waals surface area contributed by atoms with Gasteiger partial charge in [-0.05, 0) is 36.5 Å². The molecule has 0 aliphatic rings. The summed E-state index contributed by atoms with van der Waals surface area (Å²) in [6.45, 7) is 0. The van der Waals surface area contributed by atoms with Gasteiger partial charge in [-0.25, -0.2) is 13.6 Å². The third kappa shape index (κ3) is 4.99. The molecule has 0 radical (unpaired) electrons. The van der Waals surface area contributed by atoms with Crippen molar-refractivity contribution in [2.45, 2.75) is 23.7 Å². The summed E-state index contributed by atoms with van der Waals surface area (Å²) in [6, 6.07) is 6.95. The molecule has 0 aliphatic heterocycles. The molecule has 0 fully saturated rings. The summed E-state index contributed by atoms with van der Waals surface area (Å²) in [4.78, 5) is 0.184. The van der Waals surface area contributed by atoms with Gasteiger partial charge in [-0.15, -0.1) is 0 Å². The van der Waals surface area contributed by atoms with E-state index in [-0.39, 0.29) is 4.90 Å². The number of hydrogen-bond donors (Lipinski definition) is 1. The average molecular weight is 479 g/mol. The smallest absolute Gasteiger partial charge is 0.225 e. The van der Waals surface area contributed by atoms with Crippen molar-refractivity contribution < 1.29 is 8.42 Å². The van der Waals surface area contributed by atoms with Crippen molar-refractivity contribution in [1.29, 1.82) is 0 Å². The first-order valence-electron chi connectivity index (χ1n) is 5.23. The van der Waals surface area contributed by atoms with Gasteiger partial charge in [0.2, 0.25) is 10.0 Å². The van der Waals surface area contributed by atoms with Gasteiger partial charge in [0.05, 0.1) is 4.90 Å². The lowest BCUT2D eigenvalue weighted by Crippen LogP contribution is -2.12. The molecule has 0 unspecified atom stereocenters. The van der Waals surface area contributed by atoms with E-state index in [1.165, 1.54) is 5.56 Å². The minimum atomic E-state index is -3.57. The fourth-order valence-corrected chi connectivity index (χ4v) is 3.69. The molecular formula is C11H15I2NO2S. The van der Waals surface area contributed by atoms with E-state index in [1.807, 2.05) is 12.1 Å². The van der Waals surface area contributed by atoms with Crippen LogP contribution in [0.25, 0.3) is 0 Å². The first kappa shape index (κ1) is 15.6. The van der Waals surface area contributed by atoms with Crippen molar-refractivity contribution in [1.82, 2.24) is 0 Å². The summed E-state index contributed by atoms with van der Waals surface area (Å²) in [5.41, 5.74) is 1.20. The van der Waals surface area contributed by atoms with Crippen LogP contribution >= 0.6 is 45.2 Å². The third-order valence-corrected chi connectivity index (χ3v) is 4.77. The lowest BCUT2D eigenvalue weighted by atomic mass is 9.94. The zero-order valence-electron chi connectivity index (χ0n) is 9.27. The second-order valence-electron chi connectivity index (χ2n) is 3.77. The zero-order chi connectivity index (χ0) is 12.9. The highest BCUT2D eigenvalue weighted by Gasteiger charge is 2.12. The van der Waals surface area contributed by atoms with E-state index in [1.54, 1.807) is 12.1 Å². The maximum atomic E-state index is 11.1. The van der Waals surface area contributed by atoms with Gasteiger partial charge in [0.25, 0.3) is 0 Å². The quantitative estimate of drug-likeness (QED) is 0.504. The number of sulfonamides is 1. The van der Waals surface area contributed by atoms with Crippen LogP contribution in [0.5, 0.6) is 0 Å². The largest absolute Gasteiger partial charge is 0.238 e. The molecule has 0 heterocycles. The van der Waals surface area contributed by atoms with Crippen molar-refractivity contribution in [3.63, 3.8) is 0 Å². The van der Waals surface area contributed by atoms with Gasteiger partial charge in [0.1, 0.15) is 0 Å². The van der Waals surface area contributed by atoms with Crippen LogP contribution in [-0.2, 0) is 10.0 Å². The van der Waals surface area contributed by atoms with Crippen LogP contribution in [0.2, 0.25) is 0 Å². The molecule has 3 nitrogen and oxygen atoms in total. The lowest BCUT2D eigenvalue weighted by molar-refractivity contribution is 0.597. The van der Waals surface area contributed by atoms with Crippen LogP contribution in [0.4, 0.5) is 0 Å². The Bertz CT molecular complexity index is 439. The molecule has 0 bridgehead atoms. The van der Waals surface area contributed by atoms with Crippen LogP contribution < -0.4 is 5.14 Å². The summed E-state index contributed by atoms with van der Waals surface area (Å²) in [7, 11) is -3.57. The number of rotatable bonds is 6. The molecule has 17 heavy (non-hydrogen) atoms. The Labute approximate surface area is 130 Å². The molecule has 0 saturated carbocycles. The number of primary sulfonamides is 1. The Kier molecular flexibility index (Phi) is 6.67. The number of alkyl halides is 2.